The van der Waals surface area contributed by atoms with Gasteiger partial charge in [0.1, 0.15) is 0 Å². The first-order valence-corrected chi connectivity index (χ1v) is 8.66. The molecule has 3 aromatic rings. The average Bonchev–Trinajstić information content (AvgIpc) is 3.29. The lowest BCUT2D eigenvalue weighted by molar-refractivity contribution is 0.0744. The van der Waals surface area contributed by atoms with Crippen molar-refractivity contribution in [2.45, 2.75) is 25.2 Å². The maximum absolute atomic E-state index is 12.9. The van der Waals surface area contributed by atoms with Crippen molar-refractivity contribution in [1.82, 2.24) is 10.1 Å². The topological polar surface area (TPSA) is 59.5 Å². The second-order valence-electron chi connectivity index (χ2n) is 6.41. The summed E-state index contributed by atoms with van der Waals surface area (Å²) in [5.41, 5.74) is 1.62. The van der Waals surface area contributed by atoms with E-state index in [1.54, 1.807) is 24.5 Å². The quantitative estimate of drug-likeness (QED) is 0.713. The molecule has 1 unspecified atom stereocenters. The van der Waals surface area contributed by atoms with Crippen molar-refractivity contribution >= 4 is 5.91 Å². The van der Waals surface area contributed by atoms with Gasteiger partial charge in [0, 0.05) is 25.1 Å². The third kappa shape index (κ3) is 3.36. The van der Waals surface area contributed by atoms with Crippen LogP contribution in [-0.4, -0.2) is 29.1 Å². The van der Waals surface area contributed by atoms with Gasteiger partial charge in [-0.05, 0) is 30.5 Å². The fraction of sp³-hybridized carbons (Fsp3) is 0.300. The zero-order valence-electron chi connectivity index (χ0n) is 13.9. The van der Waals surface area contributed by atoms with Crippen LogP contribution in [0.4, 0.5) is 0 Å². The zero-order valence-corrected chi connectivity index (χ0v) is 13.9. The molecule has 0 bridgehead atoms. The van der Waals surface area contributed by atoms with E-state index in [9.17, 15) is 4.79 Å². The van der Waals surface area contributed by atoms with Gasteiger partial charge in [0.2, 0.25) is 5.76 Å². The fourth-order valence-corrected chi connectivity index (χ4v) is 3.40. The first-order valence-electron chi connectivity index (χ1n) is 8.66. The van der Waals surface area contributed by atoms with Gasteiger partial charge in [0.15, 0.2) is 11.5 Å². The first kappa shape index (κ1) is 15.7. The van der Waals surface area contributed by atoms with Crippen molar-refractivity contribution in [3.63, 3.8) is 0 Å². The summed E-state index contributed by atoms with van der Waals surface area (Å²) in [7, 11) is 0. The van der Waals surface area contributed by atoms with Crippen LogP contribution in [-0.2, 0) is 0 Å². The highest BCUT2D eigenvalue weighted by atomic mass is 16.5. The monoisotopic (exact) mass is 336 g/mol. The highest BCUT2D eigenvalue weighted by molar-refractivity contribution is 5.93. The standard InChI is InChI=1S/C20H20N2O3/c23-20(17-13-19(25-21-17)18-10-6-12-24-18)22-11-5-4-9-16(14-22)15-7-2-1-3-8-15/h1-3,6-8,10,12-13,16H,4-5,9,11,14H2. The van der Waals surface area contributed by atoms with Crippen molar-refractivity contribution in [2.24, 2.45) is 0 Å². The molecule has 1 aromatic carbocycles. The van der Waals surface area contributed by atoms with Crippen LogP contribution in [0.1, 0.15) is 41.2 Å². The lowest BCUT2D eigenvalue weighted by Crippen LogP contribution is -2.34. The minimum Gasteiger partial charge on any atom is -0.461 e. The summed E-state index contributed by atoms with van der Waals surface area (Å²) in [4.78, 5) is 14.8. The molecule has 0 radical (unpaired) electrons. The predicted octanol–water partition coefficient (Wildman–Crippen LogP) is 4.34. The number of carbonyl (C=O) groups excluding carboxylic acids is 1. The number of likely N-dealkylation sites (tertiary alicyclic amines) is 1. The van der Waals surface area contributed by atoms with Crippen molar-refractivity contribution in [2.75, 3.05) is 13.1 Å². The molecule has 1 amide bonds. The molecule has 3 heterocycles. The SMILES string of the molecule is O=C(c1cc(-c2ccco2)on1)N1CCCCC(c2ccccc2)C1. The third-order valence-corrected chi connectivity index (χ3v) is 4.72. The van der Waals surface area contributed by atoms with E-state index >= 15 is 0 Å². The van der Waals surface area contributed by atoms with Gasteiger partial charge < -0.3 is 13.8 Å². The summed E-state index contributed by atoms with van der Waals surface area (Å²) in [5.74, 6) is 1.33. The van der Waals surface area contributed by atoms with Gasteiger partial charge in [-0.15, -0.1) is 0 Å². The summed E-state index contributed by atoms with van der Waals surface area (Å²) >= 11 is 0. The van der Waals surface area contributed by atoms with Crippen molar-refractivity contribution in [1.29, 1.82) is 0 Å². The zero-order chi connectivity index (χ0) is 17.1. The Hall–Kier alpha value is -2.82. The number of carbonyl (C=O) groups is 1. The Labute approximate surface area is 146 Å². The molecule has 0 saturated carbocycles. The number of hydrogen-bond donors (Lipinski definition) is 0. The van der Waals surface area contributed by atoms with Gasteiger partial charge in [-0.2, -0.15) is 0 Å². The van der Waals surface area contributed by atoms with Gasteiger partial charge in [0.25, 0.3) is 5.91 Å². The molecule has 4 rings (SSSR count). The molecule has 1 aliphatic heterocycles. The van der Waals surface area contributed by atoms with E-state index < -0.39 is 0 Å². The van der Waals surface area contributed by atoms with E-state index in [2.05, 4.69) is 29.4 Å². The first-order chi connectivity index (χ1) is 12.3. The Morgan fingerprint density at radius 2 is 1.96 bits per heavy atom. The number of rotatable bonds is 3. The van der Waals surface area contributed by atoms with Gasteiger partial charge in [-0.1, -0.05) is 41.9 Å². The summed E-state index contributed by atoms with van der Waals surface area (Å²) < 4.78 is 10.6. The lowest BCUT2D eigenvalue weighted by Gasteiger charge is -2.24. The van der Waals surface area contributed by atoms with Gasteiger partial charge in [-0.25, -0.2) is 0 Å². The van der Waals surface area contributed by atoms with Crippen molar-refractivity contribution in [3.8, 4) is 11.5 Å². The smallest absolute Gasteiger partial charge is 0.276 e. The Balaban J connectivity index is 1.52. The van der Waals surface area contributed by atoms with E-state index in [4.69, 9.17) is 8.94 Å². The second-order valence-corrected chi connectivity index (χ2v) is 6.41. The van der Waals surface area contributed by atoms with Crippen LogP contribution in [0.3, 0.4) is 0 Å². The molecule has 1 atom stereocenters. The maximum atomic E-state index is 12.9. The number of amides is 1. The van der Waals surface area contributed by atoms with E-state index in [1.807, 2.05) is 11.0 Å². The Morgan fingerprint density at radius 1 is 1.08 bits per heavy atom. The molecule has 5 heteroatoms. The number of aromatic nitrogens is 1. The molecule has 0 aliphatic carbocycles. The van der Waals surface area contributed by atoms with Crippen molar-refractivity contribution in [3.05, 3.63) is 66.1 Å². The van der Waals surface area contributed by atoms with Crippen LogP contribution < -0.4 is 0 Å². The molecular weight excluding hydrogens is 316 g/mol. The highest BCUT2D eigenvalue weighted by Gasteiger charge is 2.26. The minimum absolute atomic E-state index is 0.0793. The molecule has 1 aliphatic rings. The highest BCUT2D eigenvalue weighted by Crippen LogP contribution is 2.28. The Morgan fingerprint density at radius 3 is 2.76 bits per heavy atom. The van der Waals surface area contributed by atoms with Crippen LogP contribution in [0.25, 0.3) is 11.5 Å². The predicted molar refractivity (Wildman–Crippen MR) is 93.1 cm³/mol. The summed E-state index contributed by atoms with van der Waals surface area (Å²) in [6.07, 6.45) is 4.81. The van der Waals surface area contributed by atoms with Crippen LogP contribution >= 0.6 is 0 Å². The lowest BCUT2D eigenvalue weighted by atomic mass is 9.94. The number of hydrogen-bond acceptors (Lipinski definition) is 4. The van der Waals surface area contributed by atoms with E-state index in [-0.39, 0.29) is 5.91 Å². The molecule has 0 spiro atoms. The molecule has 1 fully saturated rings. The summed E-state index contributed by atoms with van der Waals surface area (Å²) in [6.45, 7) is 1.47. The third-order valence-electron chi connectivity index (χ3n) is 4.72. The summed E-state index contributed by atoms with van der Waals surface area (Å²) in [5, 5.41) is 3.95. The Kier molecular flexibility index (Phi) is 4.37. The fourth-order valence-electron chi connectivity index (χ4n) is 3.40. The van der Waals surface area contributed by atoms with Gasteiger partial charge >= 0.3 is 0 Å². The minimum atomic E-state index is -0.0793. The molecule has 0 N–H and O–H groups in total. The van der Waals surface area contributed by atoms with Crippen LogP contribution in [0.2, 0.25) is 0 Å². The van der Waals surface area contributed by atoms with Crippen molar-refractivity contribution < 1.29 is 13.7 Å². The Bertz CT molecular complexity index is 824. The maximum Gasteiger partial charge on any atom is 0.276 e. The van der Waals surface area contributed by atoms with E-state index in [0.29, 0.717) is 29.7 Å². The van der Waals surface area contributed by atoms with Gasteiger partial charge in [0.05, 0.1) is 6.26 Å². The second kappa shape index (κ2) is 6.97. The largest absolute Gasteiger partial charge is 0.461 e. The summed E-state index contributed by atoms with van der Waals surface area (Å²) in [6, 6.07) is 15.6. The molecular formula is C20H20N2O3. The van der Waals surface area contributed by atoms with E-state index in [0.717, 1.165) is 25.8 Å². The number of nitrogens with zero attached hydrogens (tertiary/aromatic N) is 2. The normalized spacial score (nSPS) is 18.1. The number of benzene rings is 1. The number of furan rings is 1. The van der Waals surface area contributed by atoms with Crippen LogP contribution in [0, 0.1) is 0 Å². The molecule has 25 heavy (non-hydrogen) atoms. The van der Waals surface area contributed by atoms with Crippen LogP contribution in [0.5, 0.6) is 0 Å². The van der Waals surface area contributed by atoms with Crippen LogP contribution in [0.15, 0.2) is 63.7 Å². The molecule has 5 nitrogen and oxygen atoms in total. The molecule has 128 valence electrons. The van der Waals surface area contributed by atoms with E-state index in [1.165, 1.54) is 5.56 Å². The molecule has 2 aromatic heterocycles. The average molecular weight is 336 g/mol. The molecule has 1 saturated heterocycles. The van der Waals surface area contributed by atoms with Gasteiger partial charge in [-0.3, -0.25) is 4.79 Å².